The Kier molecular flexibility index (Phi) is 3.71. The van der Waals surface area contributed by atoms with Gasteiger partial charge >= 0.3 is 0 Å². The molecule has 0 aliphatic carbocycles. The van der Waals surface area contributed by atoms with Gasteiger partial charge in [0.2, 0.25) is 0 Å². The topological polar surface area (TPSA) is 42.4 Å². The lowest BCUT2D eigenvalue weighted by atomic mass is 10.2. The summed E-state index contributed by atoms with van der Waals surface area (Å²) in [6.07, 6.45) is 4.21. The summed E-state index contributed by atoms with van der Waals surface area (Å²) in [6.45, 7) is 4.09. The zero-order valence-electron chi connectivity index (χ0n) is 8.03. The molecule has 0 saturated heterocycles. The minimum Gasteiger partial charge on any atom is -0.489 e. The molecule has 0 amide bonds. The maximum absolute atomic E-state index is 8.72. The maximum atomic E-state index is 8.72. The first-order valence-corrected chi connectivity index (χ1v) is 4.44. The van der Waals surface area contributed by atoms with Crippen molar-refractivity contribution in [3.63, 3.8) is 0 Å². The molecule has 0 saturated carbocycles. The van der Waals surface area contributed by atoms with Crippen LogP contribution in [-0.4, -0.2) is 22.8 Å². The molecule has 0 fully saturated rings. The van der Waals surface area contributed by atoms with Crippen LogP contribution in [0.1, 0.15) is 19.4 Å². The van der Waals surface area contributed by atoms with Crippen LogP contribution >= 0.6 is 0 Å². The fourth-order valence-corrected chi connectivity index (χ4v) is 1.07. The fourth-order valence-electron chi connectivity index (χ4n) is 1.07. The first kappa shape index (κ1) is 9.99. The van der Waals surface area contributed by atoms with E-state index in [4.69, 9.17) is 9.84 Å². The van der Waals surface area contributed by atoms with E-state index in [1.807, 2.05) is 19.9 Å². The number of nitrogens with zero attached hydrogens (tertiary/aromatic N) is 1. The van der Waals surface area contributed by atoms with Gasteiger partial charge in [-0.05, 0) is 31.9 Å². The lowest BCUT2D eigenvalue weighted by Crippen LogP contribution is -2.06. The van der Waals surface area contributed by atoms with Crippen molar-refractivity contribution in [2.24, 2.45) is 0 Å². The quantitative estimate of drug-likeness (QED) is 0.763. The fraction of sp³-hybridized carbons (Fsp3) is 0.500. The molecule has 0 radical (unpaired) electrons. The van der Waals surface area contributed by atoms with E-state index in [0.717, 1.165) is 11.3 Å². The van der Waals surface area contributed by atoms with Gasteiger partial charge in [-0.25, -0.2) is 0 Å². The second kappa shape index (κ2) is 4.82. The van der Waals surface area contributed by atoms with Gasteiger partial charge in [0, 0.05) is 12.8 Å². The summed E-state index contributed by atoms with van der Waals surface area (Å²) >= 11 is 0. The van der Waals surface area contributed by atoms with Gasteiger partial charge in [-0.3, -0.25) is 4.98 Å². The Morgan fingerprint density at radius 1 is 1.46 bits per heavy atom. The number of rotatable bonds is 4. The largest absolute Gasteiger partial charge is 0.489 e. The minimum absolute atomic E-state index is 0.146. The first-order valence-electron chi connectivity index (χ1n) is 4.44. The first-order chi connectivity index (χ1) is 6.22. The molecule has 0 bridgehead atoms. The standard InChI is InChI=1S/C10H15NO2/c1-8(2)13-10-5-9(3-4-12)6-11-7-10/h5-8,12H,3-4H2,1-2H3. The van der Waals surface area contributed by atoms with E-state index in [1.54, 1.807) is 12.4 Å². The molecule has 3 heteroatoms. The number of aromatic nitrogens is 1. The Bertz CT molecular complexity index is 261. The summed E-state index contributed by atoms with van der Waals surface area (Å²) < 4.78 is 5.46. The molecule has 13 heavy (non-hydrogen) atoms. The smallest absolute Gasteiger partial charge is 0.138 e. The second-order valence-corrected chi connectivity index (χ2v) is 3.17. The van der Waals surface area contributed by atoms with Gasteiger partial charge in [0.05, 0.1) is 12.3 Å². The van der Waals surface area contributed by atoms with Crippen LogP contribution < -0.4 is 4.74 Å². The molecule has 0 aromatic carbocycles. The maximum Gasteiger partial charge on any atom is 0.138 e. The average Bonchev–Trinajstić information content (AvgIpc) is 2.04. The molecule has 0 aliphatic rings. The zero-order chi connectivity index (χ0) is 9.68. The van der Waals surface area contributed by atoms with Crippen LogP contribution in [0.3, 0.4) is 0 Å². The summed E-state index contributed by atoms with van der Waals surface area (Å²) in [5.41, 5.74) is 1.00. The van der Waals surface area contributed by atoms with Crippen LogP contribution in [0.2, 0.25) is 0 Å². The van der Waals surface area contributed by atoms with Gasteiger partial charge in [0.1, 0.15) is 5.75 Å². The lowest BCUT2D eigenvalue weighted by molar-refractivity contribution is 0.241. The van der Waals surface area contributed by atoms with Crippen molar-refractivity contribution in [3.05, 3.63) is 24.0 Å². The normalized spacial score (nSPS) is 10.5. The number of aliphatic hydroxyl groups is 1. The Balaban J connectivity index is 2.67. The third kappa shape index (κ3) is 3.42. The van der Waals surface area contributed by atoms with Gasteiger partial charge in [0.15, 0.2) is 0 Å². The van der Waals surface area contributed by atoms with Crippen LogP contribution in [0.5, 0.6) is 5.75 Å². The number of hydrogen-bond donors (Lipinski definition) is 1. The molecule has 1 N–H and O–H groups in total. The SMILES string of the molecule is CC(C)Oc1cncc(CCO)c1. The summed E-state index contributed by atoms with van der Waals surface area (Å²) in [6, 6.07) is 1.91. The molecule has 1 aromatic heterocycles. The van der Waals surface area contributed by atoms with Crippen molar-refractivity contribution < 1.29 is 9.84 Å². The molecule has 1 rings (SSSR count). The highest BCUT2D eigenvalue weighted by atomic mass is 16.5. The predicted molar refractivity (Wildman–Crippen MR) is 50.8 cm³/mol. The molecule has 3 nitrogen and oxygen atoms in total. The highest BCUT2D eigenvalue weighted by Crippen LogP contribution is 2.12. The third-order valence-corrected chi connectivity index (χ3v) is 1.54. The molecule has 1 heterocycles. The number of aliphatic hydroxyl groups excluding tert-OH is 1. The van der Waals surface area contributed by atoms with Crippen molar-refractivity contribution in [1.29, 1.82) is 0 Å². The highest BCUT2D eigenvalue weighted by molar-refractivity contribution is 5.23. The van der Waals surface area contributed by atoms with Crippen molar-refractivity contribution in [2.45, 2.75) is 26.4 Å². The van der Waals surface area contributed by atoms with Crippen LogP contribution in [-0.2, 0) is 6.42 Å². The van der Waals surface area contributed by atoms with Gasteiger partial charge in [-0.1, -0.05) is 0 Å². The lowest BCUT2D eigenvalue weighted by Gasteiger charge is -2.09. The number of ether oxygens (including phenoxy) is 1. The van der Waals surface area contributed by atoms with Crippen molar-refractivity contribution in [3.8, 4) is 5.75 Å². The zero-order valence-corrected chi connectivity index (χ0v) is 8.03. The van der Waals surface area contributed by atoms with E-state index in [9.17, 15) is 0 Å². The van der Waals surface area contributed by atoms with Gasteiger partial charge in [-0.2, -0.15) is 0 Å². The molecule has 0 aliphatic heterocycles. The number of hydrogen-bond acceptors (Lipinski definition) is 3. The highest BCUT2D eigenvalue weighted by Gasteiger charge is 1.99. The Hall–Kier alpha value is -1.09. The van der Waals surface area contributed by atoms with Crippen LogP contribution in [0.15, 0.2) is 18.5 Å². The molecule has 0 spiro atoms. The van der Waals surface area contributed by atoms with E-state index in [1.165, 1.54) is 0 Å². The molecule has 72 valence electrons. The van der Waals surface area contributed by atoms with Crippen LogP contribution in [0, 0.1) is 0 Å². The van der Waals surface area contributed by atoms with E-state index in [2.05, 4.69) is 4.98 Å². The van der Waals surface area contributed by atoms with Gasteiger partial charge in [-0.15, -0.1) is 0 Å². The summed E-state index contributed by atoms with van der Waals surface area (Å²) in [5, 5.41) is 8.72. The Morgan fingerprint density at radius 3 is 2.85 bits per heavy atom. The molecular weight excluding hydrogens is 166 g/mol. The van der Waals surface area contributed by atoms with Crippen LogP contribution in [0.25, 0.3) is 0 Å². The molecule has 0 atom stereocenters. The van der Waals surface area contributed by atoms with Crippen molar-refractivity contribution in [2.75, 3.05) is 6.61 Å². The molecular formula is C10H15NO2. The van der Waals surface area contributed by atoms with Gasteiger partial charge in [0.25, 0.3) is 0 Å². The third-order valence-electron chi connectivity index (χ3n) is 1.54. The summed E-state index contributed by atoms with van der Waals surface area (Å²) in [4.78, 5) is 4.02. The summed E-state index contributed by atoms with van der Waals surface area (Å²) in [7, 11) is 0. The number of pyridine rings is 1. The monoisotopic (exact) mass is 181 g/mol. The molecule has 0 unspecified atom stereocenters. The Labute approximate surface area is 78.4 Å². The van der Waals surface area contributed by atoms with Crippen molar-refractivity contribution in [1.82, 2.24) is 4.98 Å². The van der Waals surface area contributed by atoms with Gasteiger partial charge < -0.3 is 9.84 Å². The summed E-state index contributed by atoms with van der Waals surface area (Å²) in [5.74, 6) is 0.765. The van der Waals surface area contributed by atoms with E-state index in [-0.39, 0.29) is 12.7 Å². The van der Waals surface area contributed by atoms with Crippen molar-refractivity contribution >= 4 is 0 Å². The minimum atomic E-state index is 0.146. The average molecular weight is 181 g/mol. The predicted octanol–water partition coefficient (Wildman–Crippen LogP) is 1.40. The van der Waals surface area contributed by atoms with E-state index >= 15 is 0 Å². The molecule has 1 aromatic rings. The van der Waals surface area contributed by atoms with E-state index < -0.39 is 0 Å². The Morgan fingerprint density at radius 2 is 2.23 bits per heavy atom. The van der Waals surface area contributed by atoms with E-state index in [0.29, 0.717) is 6.42 Å². The van der Waals surface area contributed by atoms with Crippen LogP contribution in [0.4, 0.5) is 0 Å². The second-order valence-electron chi connectivity index (χ2n) is 3.17.